The Kier molecular flexibility index (Phi) is 4.83. The minimum absolute atomic E-state index is 0.326. The van der Waals surface area contributed by atoms with Crippen molar-refractivity contribution in [1.29, 1.82) is 0 Å². The maximum Gasteiger partial charge on any atom is 0.0804 e. The van der Waals surface area contributed by atoms with Crippen molar-refractivity contribution in [1.82, 2.24) is 4.57 Å². The highest BCUT2D eigenvalue weighted by molar-refractivity contribution is 14.1. The van der Waals surface area contributed by atoms with Gasteiger partial charge in [-0.2, -0.15) is 0 Å². The molecular weight excluding hydrogens is 337 g/mol. The molecule has 0 fully saturated rings. The van der Waals surface area contributed by atoms with Gasteiger partial charge in [-0.1, -0.05) is 25.5 Å². The molecule has 0 saturated carbocycles. The van der Waals surface area contributed by atoms with Crippen LogP contribution in [0.1, 0.15) is 37.0 Å². The third-order valence-electron chi connectivity index (χ3n) is 3.00. The van der Waals surface area contributed by atoms with Crippen LogP contribution in [0.4, 0.5) is 0 Å². The molecular formula is C15H18INO. The molecule has 1 heterocycles. The monoisotopic (exact) mass is 355 g/mol. The fraction of sp³-hybridized carbons (Fsp3) is 0.333. The molecule has 2 nitrogen and oxygen atoms in total. The Hall–Kier alpha value is -0.810. The van der Waals surface area contributed by atoms with E-state index in [4.69, 9.17) is 0 Å². The molecule has 0 amide bonds. The van der Waals surface area contributed by atoms with Crippen molar-refractivity contribution in [3.8, 4) is 0 Å². The van der Waals surface area contributed by atoms with Gasteiger partial charge in [0.05, 0.1) is 6.10 Å². The van der Waals surface area contributed by atoms with Crippen LogP contribution in [0.2, 0.25) is 0 Å². The van der Waals surface area contributed by atoms with Crippen molar-refractivity contribution in [2.75, 3.05) is 0 Å². The second kappa shape index (κ2) is 6.38. The fourth-order valence-corrected chi connectivity index (χ4v) is 2.36. The summed E-state index contributed by atoms with van der Waals surface area (Å²) in [4.78, 5) is 0. The van der Waals surface area contributed by atoms with Crippen molar-refractivity contribution in [2.45, 2.75) is 32.4 Å². The summed E-state index contributed by atoms with van der Waals surface area (Å²) < 4.78 is 3.37. The van der Waals surface area contributed by atoms with Crippen LogP contribution in [0.25, 0.3) is 0 Å². The summed E-state index contributed by atoms with van der Waals surface area (Å²) in [5.74, 6) is 0. The van der Waals surface area contributed by atoms with E-state index < -0.39 is 0 Å². The Labute approximate surface area is 122 Å². The SMILES string of the molecule is CCCC(O)c1ccn(Cc2ccc(I)cc2)c1. The van der Waals surface area contributed by atoms with Crippen LogP contribution in [0.15, 0.2) is 42.7 Å². The van der Waals surface area contributed by atoms with Gasteiger partial charge in [0.25, 0.3) is 0 Å². The van der Waals surface area contributed by atoms with Gasteiger partial charge in [0.15, 0.2) is 0 Å². The molecule has 0 spiro atoms. The van der Waals surface area contributed by atoms with Crippen LogP contribution in [-0.4, -0.2) is 9.67 Å². The van der Waals surface area contributed by atoms with Crippen molar-refractivity contribution in [3.63, 3.8) is 0 Å². The van der Waals surface area contributed by atoms with Gasteiger partial charge >= 0.3 is 0 Å². The smallest absolute Gasteiger partial charge is 0.0804 e. The molecule has 0 radical (unpaired) electrons. The van der Waals surface area contributed by atoms with Crippen molar-refractivity contribution in [2.24, 2.45) is 0 Å². The molecule has 0 saturated heterocycles. The average Bonchev–Trinajstić information content (AvgIpc) is 2.81. The first-order valence-electron chi connectivity index (χ1n) is 6.27. The minimum Gasteiger partial charge on any atom is -0.388 e. The lowest BCUT2D eigenvalue weighted by atomic mass is 10.1. The van der Waals surface area contributed by atoms with Gasteiger partial charge in [0.1, 0.15) is 0 Å². The minimum atomic E-state index is -0.326. The van der Waals surface area contributed by atoms with Crippen LogP contribution in [0.5, 0.6) is 0 Å². The van der Waals surface area contributed by atoms with Crippen molar-refractivity contribution in [3.05, 3.63) is 57.4 Å². The Bertz CT molecular complexity index is 489. The first-order chi connectivity index (χ1) is 8.69. The Balaban J connectivity index is 2.04. The second-order valence-corrected chi connectivity index (χ2v) is 5.79. The van der Waals surface area contributed by atoms with E-state index in [9.17, 15) is 5.11 Å². The van der Waals surface area contributed by atoms with Crippen LogP contribution >= 0.6 is 22.6 Å². The Morgan fingerprint density at radius 3 is 2.61 bits per heavy atom. The van der Waals surface area contributed by atoms with Gasteiger partial charge in [-0.3, -0.25) is 0 Å². The average molecular weight is 355 g/mol. The summed E-state index contributed by atoms with van der Waals surface area (Å²) in [5.41, 5.74) is 2.30. The van der Waals surface area contributed by atoms with E-state index in [1.54, 1.807) is 0 Å². The highest BCUT2D eigenvalue weighted by Gasteiger charge is 2.07. The number of aliphatic hydroxyl groups is 1. The van der Waals surface area contributed by atoms with Gasteiger partial charge in [0.2, 0.25) is 0 Å². The second-order valence-electron chi connectivity index (χ2n) is 4.55. The zero-order valence-corrected chi connectivity index (χ0v) is 12.7. The largest absolute Gasteiger partial charge is 0.388 e. The van der Waals surface area contributed by atoms with E-state index in [0.29, 0.717) is 0 Å². The van der Waals surface area contributed by atoms with E-state index in [1.807, 2.05) is 18.5 Å². The molecule has 2 rings (SSSR count). The number of rotatable bonds is 5. The number of halogens is 1. The summed E-state index contributed by atoms with van der Waals surface area (Å²) in [5, 5.41) is 9.92. The van der Waals surface area contributed by atoms with Crippen LogP contribution in [0.3, 0.4) is 0 Å². The first-order valence-corrected chi connectivity index (χ1v) is 7.35. The fourth-order valence-electron chi connectivity index (χ4n) is 2.00. The number of benzene rings is 1. The Morgan fingerprint density at radius 2 is 1.94 bits per heavy atom. The lowest BCUT2D eigenvalue weighted by molar-refractivity contribution is 0.166. The molecule has 96 valence electrons. The lowest BCUT2D eigenvalue weighted by Crippen LogP contribution is -1.98. The van der Waals surface area contributed by atoms with Crippen molar-refractivity contribution < 1.29 is 5.11 Å². The molecule has 2 aromatic rings. The van der Waals surface area contributed by atoms with E-state index in [-0.39, 0.29) is 6.10 Å². The molecule has 0 aliphatic carbocycles. The van der Waals surface area contributed by atoms with Crippen molar-refractivity contribution >= 4 is 22.6 Å². The van der Waals surface area contributed by atoms with Gasteiger partial charge in [-0.05, 0) is 58.3 Å². The molecule has 1 aromatic heterocycles. The predicted octanol–water partition coefficient (Wildman–Crippen LogP) is 3.97. The summed E-state index contributed by atoms with van der Waals surface area (Å²) in [6, 6.07) is 10.5. The lowest BCUT2D eigenvalue weighted by Gasteiger charge is -2.07. The van der Waals surface area contributed by atoms with E-state index in [0.717, 1.165) is 24.9 Å². The van der Waals surface area contributed by atoms with Gasteiger partial charge in [0, 0.05) is 22.5 Å². The predicted molar refractivity (Wildman–Crippen MR) is 82.6 cm³/mol. The number of aromatic nitrogens is 1. The number of hydrogen-bond acceptors (Lipinski definition) is 1. The van der Waals surface area contributed by atoms with E-state index in [1.165, 1.54) is 9.13 Å². The first kappa shape index (κ1) is 13.6. The molecule has 1 N–H and O–H groups in total. The molecule has 1 unspecified atom stereocenters. The quantitative estimate of drug-likeness (QED) is 0.807. The molecule has 0 bridgehead atoms. The Morgan fingerprint density at radius 1 is 1.22 bits per heavy atom. The molecule has 1 atom stereocenters. The molecule has 0 aliphatic heterocycles. The zero-order valence-electron chi connectivity index (χ0n) is 10.5. The van der Waals surface area contributed by atoms with Gasteiger partial charge in [-0.25, -0.2) is 0 Å². The summed E-state index contributed by atoms with van der Waals surface area (Å²) >= 11 is 2.31. The molecule has 3 heteroatoms. The number of nitrogens with zero attached hydrogens (tertiary/aromatic N) is 1. The molecule has 0 aliphatic rings. The maximum absolute atomic E-state index is 9.92. The van der Waals surface area contributed by atoms with Crippen LogP contribution in [-0.2, 0) is 6.54 Å². The summed E-state index contributed by atoms with van der Waals surface area (Å²) in [6.07, 6.45) is 5.58. The number of hydrogen-bond donors (Lipinski definition) is 1. The topological polar surface area (TPSA) is 25.2 Å². The third kappa shape index (κ3) is 3.59. The highest BCUT2D eigenvalue weighted by Crippen LogP contribution is 2.19. The van der Waals surface area contributed by atoms with Crippen LogP contribution in [0, 0.1) is 3.57 Å². The van der Waals surface area contributed by atoms with Crippen LogP contribution < -0.4 is 0 Å². The highest BCUT2D eigenvalue weighted by atomic mass is 127. The summed E-state index contributed by atoms with van der Waals surface area (Å²) in [7, 11) is 0. The summed E-state index contributed by atoms with van der Waals surface area (Å²) in [6.45, 7) is 2.95. The van der Waals surface area contributed by atoms with E-state index >= 15 is 0 Å². The van der Waals surface area contributed by atoms with Gasteiger partial charge in [-0.15, -0.1) is 0 Å². The molecule has 18 heavy (non-hydrogen) atoms. The molecule has 1 aromatic carbocycles. The van der Waals surface area contributed by atoms with E-state index in [2.05, 4.69) is 58.3 Å². The van der Waals surface area contributed by atoms with Gasteiger partial charge < -0.3 is 9.67 Å². The standard InChI is InChI=1S/C15H18INO/c1-2-3-15(18)13-8-9-17(11-13)10-12-4-6-14(16)7-5-12/h4-9,11,15,18H,2-3,10H2,1H3. The maximum atomic E-state index is 9.92. The normalized spacial score (nSPS) is 12.6. The number of aliphatic hydroxyl groups excluding tert-OH is 1. The zero-order chi connectivity index (χ0) is 13.0. The third-order valence-corrected chi connectivity index (χ3v) is 3.72.